The molecular weight excluding hydrogens is 266 g/mol. The van der Waals surface area contributed by atoms with E-state index in [0.717, 1.165) is 0 Å². The minimum absolute atomic E-state index is 0.546. The zero-order chi connectivity index (χ0) is 14.8. The van der Waals surface area contributed by atoms with E-state index >= 15 is 0 Å². The van der Waals surface area contributed by atoms with E-state index in [2.05, 4.69) is 0 Å². The lowest BCUT2D eigenvalue weighted by molar-refractivity contribution is 0.388. The lowest BCUT2D eigenvalue weighted by Crippen LogP contribution is -2.42. The Kier molecular flexibility index (Phi) is 4.47. The molecule has 0 spiro atoms. The normalized spacial score (nSPS) is 14.0. The van der Waals surface area contributed by atoms with Gasteiger partial charge in [-0.2, -0.15) is 0 Å². The SMILES string of the molecule is COc1ccc(OC)c(C(N)C(C)(C)S(C)(=O)=O)c1. The Labute approximate surface area is 114 Å². The monoisotopic (exact) mass is 287 g/mol. The lowest BCUT2D eigenvalue weighted by atomic mass is 9.95. The van der Waals surface area contributed by atoms with Crippen LogP contribution in [0.5, 0.6) is 11.5 Å². The van der Waals surface area contributed by atoms with Crippen molar-refractivity contribution in [3.8, 4) is 11.5 Å². The minimum atomic E-state index is -3.32. The molecule has 1 rings (SSSR count). The predicted octanol–water partition coefficient (Wildman–Crippen LogP) is 1.53. The van der Waals surface area contributed by atoms with Crippen LogP contribution in [0.2, 0.25) is 0 Å². The smallest absolute Gasteiger partial charge is 0.154 e. The van der Waals surface area contributed by atoms with E-state index in [1.165, 1.54) is 13.4 Å². The Morgan fingerprint density at radius 2 is 1.79 bits per heavy atom. The van der Waals surface area contributed by atoms with E-state index in [0.29, 0.717) is 17.1 Å². The van der Waals surface area contributed by atoms with Crippen LogP contribution in [0.4, 0.5) is 0 Å². The van der Waals surface area contributed by atoms with Crippen LogP contribution in [0.25, 0.3) is 0 Å². The lowest BCUT2D eigenvalue weighted by Gasteiger charge is -2.31. The molecule has 1 aromatic rings. The first-order chi connectivity index (χ1) is 8.65. The number of benzene rings is 1. The first kappa shape index (κ1) is 15.8. The fourth-order valence-corrected chi connectivity index (χ4v) is 2.28. The summed E-state index contributed by atoms with van der Waals surface area (Å²) in [6.45, 7) is 3.21. The summed E-state index contributed by atoms with van der Waals surface area (Å²) in [6.07, 6.45) is 1.18. The number of methoxy groups -OCH3 is 2. The van der Waals surface area contributed by atoms with Crippen molar-refractivity contribution in [2.45, 2.75) is 24.6 Å². The van der Waals surface area contributed by atoms with Gasteiger partial charge in [-0.25, -0.2) is 8.42 Å². The van der Waals surface area contributed by atoms with Crippen LogP contribution in [0.3, 0.4) is 0 Å². The van der Waals surface area contributed by atoms with Crippen LogP contribution in [-0.2, 0) is 9.84 Å². The zero-order valence-corrected chi connectivity index (χ0v) is 12.7. The molecule has 108 valence electrons. The molecule has 0 heterocycles. The molecule has 0 aliphatic carbocycles. The summed E-state index contributed by atoms with van der Waals surface area (Å²) in [6, 6.07) is 4.44. The molecule has 0 aromatic heterocycles. The molecule has 19 heavy (non-hydrogen) atoms. The number of hydrogen-bond acceptors (Lipinski definition) is 5. The van der Waals surface area contributed by atoms with Crippen LogP contribution in [0, 0.1) is 0 Å². The number of hydrogen-bond donors (Lipinski definition) is 1. The van der Waals surface area contributed by atoms with E-state index in [-0.39, 0.29) is 0 Å². The molecule has 0 bridgehead atoms. The average molecular weight is 287 g/mol. The highest BCUT2D eigenvalue weighted by Gasteiger charge is 2.39. The maximum absolute atomic E-state index is 11.9. The molecule has 0 saturated heterocycles. The summed E-state index contributed by atoms with van der Waals surface area (Å²) in [4.78, 5) is 0. The molecule has 5 nitrogen and oxygen atoms in total. The molecule has 2 N–H and O–H groups in total. The van der Waals surface area contributed by atoms with E-state index in [1.807, 2.05) is 0 Å². The molecule has 0 radical (unpaired) electrons. The van der Waals surface area contributed by atoms with E-state index in [4.69, 9.17) is 15.2 Å². The molecule has 0 aliphatic heterocycles. The summed E-state index contributed by atoms with van der Waals surface area (Å²) in [5.41, 5.74) is 6.75. The second kappa shape index (κ2) is 5.38. The van der Waals surface area contributed by atoms with Crippen molar-refractivity contribution in [2.75, 3.05) is 20.5 Å². The predicted molar refractivity (Wildman–Crippen MR) is 75.4 cm³/mol. The second-order valence-corrected chi connectivity index (χ2v) is 7.56. The van der Waals surface area contributed by atoms with E-state index in [1.54, 1.807) is 39.2 Å². The summed E-state index contributed by atoms with van der Waals surface area (Å²) in [5, 5.41) is 0. The summed E-state index contributed by atoms with van der Waals surface area (Å²) < 4.78 is 33.0. The van der Waals surface area contributed by atoms with Crippen LogP contribution in [0.1, 0.15) is 25.5 Å². The highest BCUT2D eigenvalue weighted by molar-refractivity contribution is 7.92. The van der Waals surface area contributed by atoms with Crippen molar-refractivity contribution in [3.05, 3.63) is 23.8 Å². The largest absolute Gasteiger partial charge is 0.497 e. The van der Waals surface area contributed by atoms with Crippen molar-refractivity contribution >= 4 is 9.84 Å². The first-order valence-corrected chi connectivity index (χ1v) is 7.71. The van der Waals surface area contributed by atoms with Crippen molar-refractivity contribution in [2.24, 2.45) is 5.73 Å². The Bertz CT molecular complexity index is 552. The molecule has 1 unspecified atom stereocenters. The highest BCUT2D eigenvalue weighted by Crippen LogP contribution is 2.36. The fraction of sp³-hybridized carbons (Fsp3) is 0.538. The van der Waals surface area contributed by atoms with Crippen molar-refractivity contribution in [1.82, 2.24) is 0 Å². The van der Waals surface area contributed by atoms with E-state index < -0.39 is 20.6 Å². The number of sulfone groups is 1. The van der Waals surface area contributed by atoms with Crippen LogP contribution in [-0.4, -0.2) is 33.6 Å². The molecule has 0 amide bonds. The number of rotatable bonds is 5. The molecule has 0 fully saturated rings. The summed E-state index contributed by atoms with van der Waals surface area (Å²) >= 11 is 0. The topological polar surface area (TPSA) is 78.6 Å². The van der Waals surface area contributed by atoms with Crippen LogP contribution >= 0.6 is 0 Å². The number of nitrogens with two attached hydrogens (primary N) is 1. The Morgan fingerprint density at radius 1 is 1.21 bits per heavy atom. The maximum Gasteiger partial charge on any atom is 0.154 e. The van der Waals surface area contributed by atoms with Gasteiger partial charge in [0, 0.05) is 11.8 Å². The Hall–Kier alpha value is -1.27. The summed E-state index contributed by atoms with van der Waals surface area (Å²) in [5.74, 6) is 1.15. The molecular formula is C13H21NO4S. The molecule has 0 saturated carbocycles. The minimum Gasteiger partial charge on any atom is -0.497 e. The van der Waals surface area contributed by atoms with Crippen molar-refractivity contribution in [3.63, 3.8) is 0 Å². The van der Waals surface area contributed by atoms with Gasteiger partial charge in [-0.3, -0.25) is 0 Å². The average Bonchev–Trinajstić information content (AvgIpc) is 2.35. The van der Waals surface area contributed by atoms with Gasteiger partial charge < -0.3 is 15.2 Å². The number of ether oxygens (including phenoxy) is 2. The van der Waals surface area contributed by atoms with Crippen LogP contribution in [0.15, 0.2) is 18.2 Å². The quantitative estimate of drug-likeness (QED) is 0.888. The van der Waals surface area contributed by atoms with Crippen molar-refractivity contribution in [1.29, 1.82) is 0 Å². The van der Waals surface area contributed by atoms with Crippen LogP contribution < -0.4 is 15.2 Å². The highest BCUT2D eigenvalue weighted by atomic mass is 32.2. The van der Waals surface area contributed by atoms with Gasteiger partial charge in [0.05, 0.1) is 25.0 Å². The van der Waals surface area contributed by atoms with Gasteiger partial charge in [-0.1, -0.05) is 0 Å². The summed E-state index contributed by atoms with van der Waals surface area (Å²) in [7, 11) is -0.256. The third-order valence-electron chi connectivity index (χ3n) is 3.48. The Morgan fingerprint density at radius 3 is 2.21 bits per heavy atom. The standard InChI is InChI=1S/C13H21NO4S/c1-13(2,19(5,15)16)12(14)10-8-9(17-3)6-7-11(10)18-4/h6-8,12H,14H2,1-5H3. The van der Waals surface area contributed by atoms with E-state index in [9.17, 15) is 8.42 Å². The van der Waals surface area contributed by atoms with Gasteiger partial charge in [-0.05, 0) is 32.0 Å². The van der Waals surface area contributed by atoms with Gasteiger partial charge in [0.2, 0.25) is 0 Å². The van der Waals surface area contributed by atoms with Gasteiger partial charge >= 0.3 is 0 Å². The third-order valence-corrected chi connectivity index (χ3v) is 5.64. The van der Waals surface area contributed by atoms with Gasteiger partial charge in [0.1, 0.15) is 11.5 Å². The molecule has 1 atom stereocenters. The Balaban J connectivity index is 3.36. The molecule has 6 heteroatoms. The third kappa shape index (κ3) is 3.01. The van der Waals surface area contributed by atoms with Gasteiger partial charge in [0.15, 0.2) is 9.84 Å². The van der Waals surface area contributed by atoms with Crippen molar-refractivity contribution < 1.29 is 17.9 Å². The molecule has 0 aliphatic rings. The zero-order valence-electron chi connectivity index (χ0n) is 11.9. The second-order valence-electron chi connectivity index (χ2n) is 4.96. The van der Waals surface area contributed by atoms with Gasteiger partial charge in [0.25, 0.3) is 0 Å². The fourth-order valence-electron chi connectivity index (χ4n) is 1.69. The van der Waals surface area contributed by atoms with Gasteiger partial charge in [-0.15, -0.1) is 0 Å². The first-order valence-electron chi connectivity index (χ1n) is 5.82. The maximum atomic E-state index is 11.9. The molecule has 1 aromatic carbocycles.